The van der Waals surface area contributed by atoms with Gasteiger partial charge in [0.2, 0.25) is 0 Å². The van der Waals surface area contributed by atoms with Crippen LogP contribution in [0.15, 0.2) is 23.7 Å². The maximum atomic E-state index is 4.70. The van der Waals surface area contributed by atoms with Gasteiger partial charge in [0, 0.05) is 69.2 Å². The summed E-state index contributed by atoms with van der Waals surface area (Å²) in [6, 6.07) is 0.465. The first-order valence-electron chi connectivity index (χ1n) is 11.5. The molecule has 1 aromatic rings. The van der Waals surface area contributed by atoms with Crippen molar-refractivity contribution in [2.75, 3.05) is 51.3 Å². The van der Waals surface area contributed by atoms with E-state index < -0.39 is 0 Å². The van der Waals surface area contributed by atoms with Crippen molar-refractivity contribution in [3.05, 3.63) is 18.7 Å². The molecule has 0 bridgehead atoms. The van der Waals surface area contributed by atoms with E-state index >= 15 is 0 Å². The molecule has 6 nitrogen and oxygen atoms in total. The predicted octanol–water partition coefficient (Wildman–Crippen LogP) is 3.71. The average Bonchev–Trinajstić information content (AvgIpc) is 3.31. The van der Waals surface area contributed by atoms with E-state index in [2.05, 4.69) is 49.6 Å². The molecular formula is C22H39IN6S. The van der Waals surface area contributed by atoms with E-state index in [1.807, 2.05) is 19.6 Å². The van der Waals surface area contributed by atoms with Crippen LogP contribution in [0.3, 0.4) is 0 Å². The van der Waals surface area contributed by atoms with Crippen LogP contribution < -0.4 is 5.32 Å². The van der Waals surface area contributed by atoms with Crippen LogP contribution in [0.5, 0.6) is 0 Å². The molecule has 4 rings (SSSR count). The number of guanidine groups is 1. The lowest BCUT2D eigenvalue weighted by atomic mass is 9.80. The molecule has 1 aromatic heterocycles. The third kappa shape index (κ3) is 5.46. The number of likely N-dealkylation sites (tertiary alicyclic amines) is 1. The molecule has 2 unspecified atom stereocenters. The largest absolute Gasteiger partial charge is 0.354 e. The molecule has 1 N–H and O–H groups in total. The average molecular weight is 547 g/mol. The van der Waals surface area contributed by atoms with Crippen LogP contribution in [-0.4, -0.2) is 82.1 Å². The molecular weight excluding hydrogens is 507 g/mol. The summed E-state index contributed by atoms with van der Waals surface area (Å²) in [5, 5.41) is 3.83. The van der Waals surface area contributed by atoms with Crippen LogP contribution in [0.1, 0.15) is 51.5 Å². The van der Waals surface area contributed by atoms with Gasteiger partial charge < -0.3 is 14.8 Å². The van der Waals surface area contributed by atoms with Crippen LogP contribution >= 0.6 is 35.7 Å². The smallest absolute Gasteiger partial charge is 0.193 e. The number of imidazole rings is 1. The Labute approximate surface area is 203 Å². The quantitative estimate of drug-likeness (QED) is 0.355. The van der Waals surface area contributed by atoms with Crippen molar-refractivity contribution in [2.45, 2.75) is 57.0 Å². The number of nitrogens with zero attached hydrogens (tertiary/aromatic N) is 5. The van der Waals surface area contributed by atoms with Gasteiger partial charge in [-0.1, -0.05) is 26.2 Å². The molecule has 0 spiro atoms. The summed E-state index contributed by atoms with van der Waals surface area (Å²) in [6.45, 7) is 7.98. The number of hydrogen-bond donors (Lipinski definition) is 1. The highest BCUT2D eigenvalue weighted by Crippen LogP contribution is 2.35. The summed E-state index contributed by atoms with van der Waals surface area (Å²) < 4.78 is 2.28. The number of aromatic nitrogens is 2. The normalized spacial score (nSPS) is 28.1. The molecule has 8 heteroatoms. The Bertz CT molecular complexity index is 655. The van der Waals surface area contributed by atoms with Crippen molar-refractivity contribution in [1.82, 2.24) is 24.7 Å². The number of aliphatic imine (C=N–C) groups is 1. The minimum Gasteiger partial charge on any atom is -0.354 e. The van der Waals surface area contributed by atoms with Crippen LogP contribution in [-0.2, 0) is 0 Å². The second-order valence-electron chi connectivity index (χ2n) is 9.07. The van der Waals surface area contributed by atoms with Gasteiger partial charge in [-0.15, -0.1) is 24.0 Å². The summed E-state index contributed by atoms with van der Waals surface area (Å²) >= 11 is 2.11. The third-order valence-corrected chi connectivity index (χ3v) is 8.32. The molecule has 0 aromatic carbocycles. The standard InChI is InChI=1S/C22H38N6S.HI/c1-19-6-10-26(16-20(19)27-11-9-24-18-27)21(23-2)25-17-22(7-4-3-5-8-22)28-12-14-29-15-13-28;/h9,11,18-20H,3-8,10,12-17H2,1-2H3,(H,23,25);1H. The van der Waals surface area contributed by atoms with E-state index in [9.17, 15) is 0 Å². The third-order valence-electron chi connectivity index (χ3n) is 7.38. The first kappa shape index (κ1) is 24.2. The molecule has 1 saturated carbocycles. The summed E-state index contributed by atoms with van der Waals surface area (Å²) in [7, 11) is 1.94. The highest BCUT2D eigenvalue weighted by Gasteiger charge is 2.39. The molecule has 0 radical (unpaired) electrons. The Morgan fingerprint density at radius 3 is 2.63 bits per heavy atom. The van der Waals surface area contributed by atoms with E-state index in [1.165, 1.54) is 63.1 Å². The Kier molecular flexibility index (Phi) is 9.19. The summed E-state index contributed by atoms with van der Waals surface area (Å²) in [5.74, 6) is 4.31. The van der Waals surface area contributed by atoms with Gasteiger partial charge in [0.15, 0.2) is 5.96 Å². The van der Waals surface area contributed by atoms with Crippen LogP contribution in [0.25, 0.3) is 0 Å². The molecule has 0 amide bonds. The van der Waals surface area contributed by atoms with E-state index in [-0.39, 0.29) is 24.0 Å². The molecule has 1 aliphatic carbocycles. The lowest BCUT2D eigenvalue weighted by molar-refractivity contribution is 0.0615. The molecule has 3 heterocycles. The van der Waals surface area contributed by atoms with Gasteiger partial charge in [0.05, 0.1) is 12.4 Å². The van der Waals surface area contributed by atoms with E-state index in [0.717, 1.165) is 25.6 Å². The van der Waals surface area contributed by atoms with Gasteiger partial charge in [-0.2, -0.15) is 11.8 Å². The molecule has 2 saturated heterocycles. The van der Waals surface area contributed by atoms with E-state index in [4.69, 9.17) is 4.99 Å². The zero-order valence-corrected chi connectivity index (χ0v) is 21.8. The zero-order valence-electron chi connectivity index (χ0n) is 18.6. The van der Waals surface area contributed by atoms with Crippen LogP contribution in [0, 0.1) is 5.92 Å². The maximum absolute atomic E-state index is 4.70. The fourth-order valence-electron chi connectivity index (χ4n) is 5.52. The SMILES string of the molecule is CN=C(NCC1(N2CCSCC2)CCCCC1)N1CCC(C)C(n2ccnc2)C1.I. The Hall–Kier alpha value is -0.480. The van der Waals surface area contributed by atoms with Crippen molar-refractivity contribution in [3.63, 3.8) is 0 Å². The van der Waals surface area contributed by atoms with Gasteiger partial charge in [0.25, 0.3) is 0 Å². The van der Waals surface area contributed by atoms with E-state index in [1.54, 1.807) is 0 Å². The maximum Gasteiger partial charge on any atom is 0.193 e. The first-order valence-corrected chi connectivity index (χ1v) is 12.6. The highest BCUT2D eigenvalue weighted by molar-refractivity contribution is 14.0. The van der Waals surface area contributed by atoms with Crippen LogP contribution in [0.2, 0.25) is 0 Å². The summed E-state index contributed by atoms with van der Waals surface area (Å²) in [6.07, 6.45) is 13.9. The number of hydrogen-bond acceptors (Lipinski definition) is 4. The molecule has 2 atom stereocenters. The van der Waals surface area contributed by atoms with Gasteiger partial charge >= 0.3 is 0 Å². The Morgan fingerprint density at radius 1 is 1.20 bits per heavy atom. The van der Waals surface area contributed by atoms with Gasteiger partial charge in [-0.05, 0) is 25.2 Å². The lowest BCUT2D eigenvalue weighted by Gasteiger charge is -2.49. The van der Waals surface area contributed by atoms with Gasteiger partial charge in [-0.25, -0.2) is 4.98 Å². The number of halogens is 1. The monoisotopic (exact) mass is 546 g/mol. The predicted molar refractivity (Wildman–Crippen MR) is 138 cm³/mol. The Morgan fingerprint density at radius 2 is 1.97 bits per heavy atom. The topological polar surface area (TPSA) is 48.7 Å². The fourth-order valence-corrected chi connectivity index (χ4v) is 6.43. The van der Waals surface area contributed by atoms with Crippen LogP contribution in [0.4, 0.5) is 0 Å². The minimum atomic E-state index is 0. The van der Waals surface area contributed by atoms with Gasteiger partial charge in [-0.3, -0.25) is 9.89 Å². The van der Waals surface area contributed by atoms with Crippen molar-refractivity contribution in [2.24, 2.45) is 10.9 Å². The van der Waals surface area contributed by atoms with Crippen molar-refractivity contribution in [3.8, 4) is 0 Å². The number of piperidine rings is 1. The van der Waals surface area contributed by atoms with Gasteiger partial charge in [0.1, 0.15) is 0 Å². The van der Waals surface area contributed by atoms with Crippen molar-refractivity contribution < 1.29 is 0 Å². The first-order chi connectivity index (χ1) is 14.2. The second-order valence-corrected chi connectivity index (χ2v) is 10.3. The number of nitrogens with one attached hydrogen (secondary N) is 1. The fraction of sp³-hybridized carbons (Fsp3) is 0.818. The molecule has 2 aliphatic heterocycles. The summed E-state index contributed by atoms with van der Waals surface area (Å²) in [4.78, 5) is 14.2. The zero-order chi connectivity index (χ0) is 20.1. The molecule has 30 heavy (non-hydrogen) atoms. The van der Waals surface area contributed by atoms with Crippen molar-refractivity contribution >= 4 is 41.7 Å². The minimum absolute atomic E-state index is 0. The summed E-state index contributed by atoms with van der Waals surface area (Å²) in [5.41, 5.74) is 0.321. The number of thioether (sulfide) groups is 1. The highest BCUT2D eigenvalue weighted by atomic mass is 127. The Balaban J connectivity index is 0.00000256. The molecule has 3 fully saturated rings. The molecule has 170 valence electrons. The van der Waals surface area contributed by atoms with Crippen molar-refractivity contribution in [1.29, 1.82) is 0 Å². The number of rotatable bonds is 4. The van der Waals surface area contributed by atoms with E-state index in [0.29, 0.717) is 17.5 Å². The second kappa shape index (κ2) is 11.4. The molecule has 3 aliphatic rings. The lowest BCUT2D eigenvalue weighted by Crippen LogP contribution is -2.60.